The van der Waals surface area contributed by atoms with Crippen LogP contribution in [-0.4, -0.2) is 35.7 Å². The molecule has 0 aromatic heterocycles. The number of alkyl halides is 5. The minimum atomic E-state index is -5.49. The van der Waals surface area contributed by atoms with Crippen LogP contribution in [0.4, 0.5) is 22.0 Å². The number of hydrogen-bond acceptors (Lipinski definition) is 3. The number of carbonyl (C=O) groups excluding carboxylic acids is 1. The van der Waals surface area contributed by atoms with E-state index < -0.39 is 18.5 Å². The van der Waals surface area contributed by atoms with Gasteiger partial charge >= 0.3 is 18.1 Å². The Morgan fingerprint density at radius 1 is 1.09 bits per heavy atom. The Morgan fingerprint density at radius 3 is 2.23 bits per heavy atom. The first-order valence-corrected chi connectivity index (χ1v) is 8.43. The Balaban J connectivity index is 4.10. The molecule has 0 fully saturated rings. The molecule has 0 saturated carbocycles. The summed E-state index contributed by atoms with van der Waals surface area (Å²) in [5.41, 5.74) is 0. The third kappa shape index (κ3) is 8.19. The summed E-state index contributed by atoms with van der Waals surface area (Å²) in [4.78, 5) is 11.7. The van der Waals surface area contributed by atoms with Gasteiger partial charge in [0.25, 0.3) is 0 Å². The van der Waals surface area contributed by atoms with Gasteiger partial charge in [-0.25, -0.2) is 0 Å². The van der Waals surface area contributed by atoms with Gasteiger partial charge in [0.2, 0.25) is 0 Å². The molecule has 132 valence electrons. The molecule has 0 rings (SSSR count). The molecule has 0 aliphatic rings. The third-order valence-corrected chi connectivity index (χ3v) is 4.34. The van der Waals surface area contributed by atoms with Crippen molar-refractivity contribution >= 4 is 17.7 Å². The standard InChI is InChI=1S/C14H23F5O2S/c1-3-5-8-11(12(20)21-4-2)22-10-7-6-9-13(15,16)14(17,18)19/h11H,3-10H2,1-2H3. The Bertz CT molecular complexity index is 321. The lowest BCUT2D eigenvalue weighted by Gasteiger charge is -2.19. The molecule has 0 N–H and O–H groups in total. The highest BCUT2D eigenvalue weighted by Gasteiger charge is 2.56. The fourth-order valence-electron chi connectivity index (χ4n) is 1.71. The molecule has 0 radical (unpaired) electrons. The van der Waals surface area contributed by atoms with Crippen molar-refractivity contribution in [3.63, 3.8) is 0 Å². The van der Waals surface area contributed by atoms with Crippen LogP contribution in [0.15, 0.2) is 0 Å². The van der Waals surface area contributed by atoms with Crippen LogP contribution in [0.25, 0.3) is 0 Å². The SMILES string of the molecule is CCCCC(SCCCCC(F)(F)C(F)(F)F)C(=O)OCC. The first-order chi connectivity index (χ1) is 10.2. The van der Waals surface area contributed by atoms with Gasteiger partial charge in [0.05, 0.1) is 6.61 Å². The van der Waals surface area contributed by atoms with Crippen LogP contribution in [0.2, 0.25) is 0 Å². The first-order valence-electron chi connectivity index (χ1n) is 7.38. The minimum absolute atomic E-state index is 0.207. The molecule has 1 unspecified atom stereocenters. The van der Waals surface area contributed by atoms with E-state index in [0.717, 1.165) is 12.8 Å². The molecule has 0 aromatic rings. The zero-order valence-corrected chi connectivity index (χ0v) is 13.7. The van der Waals surface area contributed by atoms with Crippen LogP contribution < -0.4 is 0 Å². The van der Waals surface area contributed by atoms with Crippen molar-refractivity contribution in [3.8, 4) is 0 Å². The highest BCUT2D eigenvalue weighted by atomic mass is 32.2. The first kappa shape index (κ1) is 21.5. The summed E-state index contributed by atoms with van der Waals surface area (Å²) in [6, 6.07) is 0. The summed E-state index contributed by atoms with van der Waals surface area (Å²) in [6.45, 7) is 3.94. The molecule has 0 aliphatic carbocycles. The normalized spacial score (nSPS) is 14.0. The van der Waals surface area contributed by atoms with Gasteiger partial charge in [0, 0.05) is 6.42 Å². The van der Waals surface area contributed by atoms with Crippen LogP contribution in [0.1, 0.15) is 52.4 Å². The lowest BCUT2D eigenvalue weighted by Crippen LogP contribution is -2.36. The van der Waals surface area contributed by atoms with Crippen molar-refractivity contribution in [2.75, 3.05) is 12.4 Å². The average molecular weight is 350 g/mol. The van der Waals surface area contributed by atoms with Gasteiger partial charge in [-0.3, -0.25) is 4.79 Å². The largest absolute Gasteiger partial charge is 0.465 e. The minimum Gasteiger partial charge on any atom is -0.465 e. The van der Waals surface area contributed by atoms with E-state index in [4.69, 9.17) is 4.74 Å². The number of hydrogen-bond donors (Lipinski definition) is 0. The zero-order chi connectivity index (χ0) is 17.2. The van der Waals surface area contributed by atoms with Crippen molar-refractivity contribution in [1.29, 1.82) is 0 Å². The molecule has 8 heteroatoms. The second-order valence-corrected chi connectivity index (χ2v) is 6.22. The van der Waals surface area contributed by atoms with Gasteiger partial charge in [-0.1, -0.05) is 19.8 Å². The fraction of sp³-hybridized carbons (Fsp3) is 0.929. The van der Waals surface area contributed by atoms with Crippen LogP contribution in [0.3, 0.4) is 0 Å². The zero-order valence-electron chi connectivity index (χ0n) is 12.8. The summed E-state index contributed by atoms with van der Waals surface area (Å²) in [5.74, 6) is -4.62. The molecular formula is C14H23F5O2S. The predicted octanol–water partition coefficient (Wildman–Crippen LogP) is 5.21. The molecule has 22 heavy (non-hydrogen) atoms. The van der Waals surface area contributed by atoms with Gasteiger partial charge in [0.15, 0.2) is 0 Å². The Labute approximate surface area is 132 Å². The summed E-state index contributed by atoms with van der Waals surface area (Å²) >= 11 is 1.27. The van der Waals surface area contributed by atoms with E-state index in [1.54, 1.807) is 6.92 Å². The van der Waals surface area contributed by atoms with Crippen molar-refractivity contribution in [3.05, 3.63) is 0 Å². The van der Waals surface area contributed by atoms with Crippen molar-refractivity contribution in [1.82, 2.24) is 0 Å². The lowest BCUT2D eigenvalue weighted by atomic mass is 10.1. The summed E-state index contributed by atoms with van der Waals surface area (Å²) < 4.78 is 66.3. The van der Waals surface area contributed by atoms with Crippen LogP contribution in [0, 0.1) is 0 Å². The maximum Gasteiger partial charge on any atom is 0.453 e. The molecule has 0 heterocycles. The van der Waals surface area contributed by atoms with E-state index in [0.29, 0.717) is 12.2 Å². The maximum absolute atomic E-state index is 12.7. The summed E-state index contributed by atoms with van der Waals surface area (Å²) in [5, 5.41) is -0.372. The molecule has 0 amide bonds. The third-order valence-electron chi connectivity index (χ3n) is 2.99. The Kier molecular flexibility index (Phi) is 10.0. The molecule has 0 bridgehead atoms. The topological polar surface area (TPSA) is 26.3 Å². The lowest BCUT2D eigenvalue weighted by molar-refractivity contribution is -0.284. The smallest absolute Gasteiger partial charge is 0.453 e. The van der Waals surface area contributed by atoms with Gasteiger partial charge in [-0.15, -0.1) is 11.8 Å². The van der Waals surface area contributed by atoms with E-state index in [-0.39, 0.29) is 30.7 Å². The molecule has 1 atom stereocenters. The Morgan fingerprint density at radius 2 is 1.73 bits per heavy atom. The van der Waals surface area contributed by atoms with Crippen molar-refractivity contribution in [2.45, 2.75) is 69.7 Å². The van der Waals surface area contributed by atoms with E-state index in [2.05, 4.69) is 0 Å². The van der Waals surface area contributed by atoms with Crippen molar-refractivity contribution < 1.29 is 31.5 Å². The van der Waals surface area contributed by atoms with Crippen LogP contribution >= 0.6 is 11.8 Å². The van der Waals surface area contributed by atoms with Gasteiger partial charge in [-0.05, 0) is 31.9 Å². The molecule has 2 nitrogen and oxygen atoms in total. The predicted molar refractivity (Wildman–Crippen MR) is 77.3 cm³/mol. The van der Waals surface area contributed by atoms with Gasteiger partial charge in [0.1, 0.15) is 5.25 Å². The second kappa shape index (κ2) is 10.3. The van der Waals surface area contributed by atoms with Gasteiger partial charge in [-0.2, -0.15) is 22.0 Å². The number of rotatable bonds is 11. The number of halogens is 5. The van der Waals surface area contributed by atoms with Crippen molar-refractivity contribution in [2.24, 2.45) is 0 Å². The summed E-state index contributed by atoms with van der Waals surface area (Å²) in [7, 11) is 0. The van der Waals surface area contributed by atoms with E-state index in [9.17, 15) is 26.7 Å². The maximum atomic E-state index is 12.7. The second-order valence-electron chi connectivity index (χ2n) is 4.91. The van der Waals surface area contributed by atoms with E-state index in [1.807, 2.05) is 6.92 Å². The Hall–Kier alpha value is -0.530. The number of unbranched alkanes of at least 4 members (excludes halogenated alkanes) is 2. The number of esters is 1. The monoisotopic (exact) mass is 350 g/mol. The number of thioether (sulfide) groups is 1. The number of ether oxygens (including phenoxy) is 1. The van der Waals surface area contributed by atoms with E-state index in [1.165, 1.54) is 11.8 Å². The molecular weight excluding hydrogens is 327 g/mol. The summed E-state index contributed by atoms with van der Waals surface area (Å²) in [6.07, 6.45) is -4.36. The van der Waals surface area contributed by atoms with Crippen LogP contribution in [-0.2, 0) is 9.53 Å². The van der Waals surface area contributed by atoms with E-state index >= 15 is 0 Å². The highest BCUT2D eigenvalue weighted by molar-refractivity contribution is 8.00. The van der Waals surface area contributed by atoms with Crippen LogP contribution in [0.5, 0.6) is 0 Å². The molecule has 0 aliphatic heterocycles. The highest BCUT2D eigenvalue weighted by Crippen LogP contribution is 2.39. The quantitative estimate of drug-likeness (QED) is 0.291. The fourth-order valence-corrected chi connectivity index (χ4v) is 2.90. The van der Waals surface area contributed by atoms with Gasteiger partial charge < -0.3 is 4.74 Å². The molecule has 0 spiro atoms. The average Bonchev–Trinajstić information content (AvgIpc) is 2.40. The molecule has 0 saturated heterocycles. The molecule has 0 aromatic carbocycles. The number of carbonyl (C=O) groups is 1.